The standard InChI is InChI=1S/C15H15N3O2S/c1-19-13(10-6-3-2-4-7-10)14-17-15(20-18-14)12(16)11-8-5-9-21-11/h2-9,12-13H,16H2,1H3. The molecule has 2 heterocycles. The zero-order chi connectivity index (χ0) is 14.7. The zero-order valence-corrected chi connectivity index (χ0v) is 12.3. The van der Waals surface area contributed by atoms with Crippen LogP contribution < -0.4 is 5.73 Å². The first-order valence-electron chi connectivity index (χ1n) is 6.50. The predicted octanol–water partition coefficient (Wildman–Crippen LogP) is 2.92. The molecule has 2 N–H and O–H groups in total. The third kappa shape index (κ3) is 2.87. The second-order valence-corrected chi connectivity index (χ2v) is 5.49. The van der Waals surface area contributed by atoms with E-state index in [1.54, 1.807) is 18.4 Å². The van der Waals surface area contributed by atoms with Gasteiger partial charge in [0.2, 0.25) is 11.7 Å². The van der Waals surface area contributed by atoms with Gasteiger partial charge in [-0.1, -0.05) is 41.6 Å². The van der Waals surface area contributed by atoms with Gasteiger partial charge in [0, 0.05) is 12.0 Å². The second kappa shape index (κ2) is 6.17. The van der Waals surface area contributed by atoms with E-state index in [1.165, 1.54) is 0 Å². The fourth-order valence-corrected chi connectivity index (χ4v) is 2.81. The summed E-state index contributed by atoms with van der Waals surface area (Å²) in [4.78, 5) is 5.38. The number of ether oxygens (including phenoxy) is 1. The van der Waals surface area contributed by atoms with Crippen LogP contribution in [0, 0.1) is 0 Å². The monoisotopic (exact) mass is 301 g/mol. The molecule has 6 heteroatoms. The van der Waals surface area contributed by atoms with Crippen molar-refractivity contribution in [3.63, 3.8) is 0 Å². The molecule has 0 spiro atoms. The molecular formula is C15H15N3O2S. The van der Waals surface area contributed by atoms with Gasteiger partial charge in [-0.3, -0.25) is 0 Å². The number of aromatic nitrogens is 2. The predicted molar refractivity (Wildman–Crippen MR) is 79.9 cm³/mol. The van der Waals surface area contributed by atoms with Crippen molar-refractivity contribution in [3.8, 4) is 0 Å². The van der Waals surface area contributed by atoms with Crippen molar-refractivity contribution < 1.29 is 9.26 Å². The number of benzene rings is 1. The van der Waals surface area contributed by atoms with Gasteiger partial charge in [0.1, 0.15) is 12.1 Å². The lowest BCUT2D eigenvalue weighted by Gasteiger charge is -2.11. The van der Waals surface area contributed by atoms with E-state index in [1.807, 2.05) is 47.8 Å². The van der Waals surface area contributed by atoms with Crippen molar-refractivity contribution >= 4 is 11.3 Å². The van der Waals surface area contributed by atoms with Crippen LogP contribution in [0.5, 0.6) is 0 Å². The van der Waals surface area contributed by atoms with E-state index in [2.05, 4.69) is 10.1 Å². The lowest BCUT2D eigenvalue weighted by Crippen LogP contribution is -2.11. The van der Waals surface area contributed by atoms with Gasteiger partial charge in [-0.25, -0.2) is 0 Å². The van der Waals surface area contributed by atoms with E-state index >= 15 is 0 Å². The van der Waals surface area contributed by atoms with Crippen LogP contribution in [0.2, 0.25) is 0 Å². The number of nitrogens with two attached hydrogens (primary N) is 1. The Labute approximate surface area is 126 Å². The molecule has 0 aliphatic carbocycles. The summed E-state index contributed by atoms with van der Waals surface area (Å²) in [7, 11) is 1.62. The van der Waals surface area contributed by atoms with Crippen LogP contribution in [0.25, 0.3) is 0 Å². The van der Waals surface area contributed by atoms with Gasteiger partial charge >= 0.3 is 0 Å². The molecule has 2 unspecified atom stereocenters. The van der Waals surface area contributed by atoms with Gasteiger partial charge in [0.25, 0.3) is 0 Å². The zero-order valence-electron chi connectivity index (χ0n) is 11.5. The van der Waals surface area contributed by atoms with Crippen LogP contribution in [-0.2, 0) is 4.74 Å². The highest BCUT2D eigenvalue weighted by Crippen LogP contribution is 2.26. The minimum Gasteiger partial charge on any atom is -0.369 e. The maximum Gasteiger partial charge on any atom is 0.249 e. The van der Waals surface area contributed by atoms with E-state index in [4.69, 9.17) is 15.0 Å². The topological polar surface area (TPSA) is 74.2 Å². The van der Waals surface area contributed by atoms with Crippen molar-refractivity contribution in [2.24, 2.45) is 5.73 Å². The van der Waals surface area contributed by atoms with Crippen LogP contribution >= 0.6 is 11.3 Å². The molecule has 3 rings (SSSR count). The lowest BCUT2D eigenvalue weighted by atomic mass is 10.1. The molecule has 0 saturated carbocycles. The maximum atomic E-state index is 6.13. The average Bonchev–Trinajstić information content (AvgIpc) is 3.20. The van der Waals surface area contributed by atoms with Crippen molar-refractivity contribution in [3.05, 3.63) is 70.0 Å². The normalized spacial score (nSPS) is 14.0. The Morgan fingerprint density at radius 3 is 2.67 bits per heavy atom. The summed E-state index contributed by atoms with van der Waals surface area (Å²) < 4.78 is 10.8. The Hall–Kier alpha value is -2.02. The molecule has 5 nitrogen and oxygen atoms in total. The molecule has 0 aliphatic rings. The second-order valence-electron chi connectivity index (χ2n) is 4.51. The van der Waals surface area contributed by atoms with Crippen LogP contribution in [0.15, 0.2) is 52.4 Å². The van der Waals surface area contributed by atoms with Gasteiger partial charge in [0.05, 0.1) is 0 Å². The Kier molecular flexibility index (Phi) is 4.10. The largest absolute Gasteiger partial charge is 0.369 e. The number of hydrogen-bond acceptors (Lipinski definition) is 6. The third-order valence-electron chi connectivity index (χ3n) is 3.15. The molecule has 2 atom stereocenters. The Balaban J connectivity index is 1.87. The van der Waals surface area contributed by atoms with Crippen molar-refractivity contribution in [2.45, 2.75) is 12.1 Å². The molecule has 0 bridgehead atoms. The molecule has 1 aromatic carbocycles. The molecule has 108 valence electrons. The Morgan fingerprint density at radius 2 is 2.00 bits per heavy atom. The number of thiophene rings is 1. The van der Waals surface area contributed by atoms with Gasteiger partial charge in [-0.2, -0.15) is 4.98 Å². The maximum absolute atomic E-state index is 6.13. The SMILES string of the molecule is COC(c1ccccc1)c1noc(C(N)c2cccs2)n1. The molecule has 0 amide bonds. The molecule has 2 aromatic heterocycles. The summed E-state index contributed by atoms with van der Waals surface area (Å²) in [5.74, 6) is 0.871. The van der Waals surface area contributed by atoms with Gasteiger partial charge in [-0.05, 0) is 17.0 Å². The summed E-state index contributed by atoms with van der Waals surface area (Å²) in [6.07, 6.45) is -0.362. The summed E-state index contributed by atoms with van der Waals surface area (Å²) in [5.41, 5.74) is 7.10. The van der Waals surface area contributed by atoms with E-state index in [9.17, 15) is 0 Å². The van der Waals surface area contributed by atoms with Crippen LogP contribution in [0.3, 0.4) is 0 Å². The minimum absolute atomic E-state index is 0.362. The molecule has 0 fully saturated rings. The minimum atomic E-state index is -0.403. The highest BCUT2D eigenvalue weighted by molar-refractivity contribution is 7.10. The molecule has 0 saturated heterocycles. The van der Waals surface area contributed by atoms with E-state index in [-0.39, 0.29) is 6.10 Å². The van der Waals surface area contributed by atoms with E-state index in [0.29, 0.717) is 11.7 Å². The molecule has 3 aromatic rings. The Morgan fingerprint density at radius 1 is 1.19 bits per heavy atom. The number of methoxy groups -OCH3 is 1. The lowest BCUT2D eigenvalue weighted by molar-refractivity contribution is 0.126. The van der Waals surface area contributed by atoms with Crippen molar-refractivity contribution in [2.75, 3.05) is 7.11 Å². The molecule has 0 radical (unpaired) electrons. The summed E-state index contributed by atoms with van der Waals surface area (Å²) in [6, 6.07) is 13.2. The summed E-state index contributed by atoms with van der Waals surface area (Å²) >= 11 is 1.56. The fraction of sp³-hybridized carbons (Fsp3) is 0.200. The smallest absolute Gasteiger partial charge is 0.249 e. The Bertz CT molecular complexity index is 682. The third-order valence-corrected chi connectivity index (χ3v) is 4.10. The van der Waals surface area contributed by atoms with Crippen LogP contribution in [0.4, 0.5) is 0 Å². The first kappa shape index (κ1) is 13.9. The summed E-state index contributed by atoms with van der Waals surface area (Å²) in [5, 5.41) is 5.97. The highest BCUT2D eigenvalue weighted by Gasteiger charge is 2.23. The quantitative estimate of drug-likeness (QED) is 0.784. The molecular weight excluding hydrogens is 286 g/mol. The van der Waals surface area contributed by atoms with Crippen LogP contribution in [-0.4, -0.2) is 17.3 Å². The van der Waals surface area contributed by atoms with E-state index < -0.39 is 6.04 Å². The number of nitrogens with zero attached hydrogens (tertiary/aromatic N) is 2. The molecule has 0 aliphatic heterocycles. The number of hydrogen-bond donors (Lipinski definition) is 1. The van der Waals surface area contributed by atoms with Crippen molar-refractivity contribution in [1.29, 1.82) is 0 Å². The average molecular weight is 301 g/mol. The first-order valence-corrected chi connectivity index (χ1v) is 7.38. The van der Waals surface area contributed by atoms with Crippen LogP contribution in [0.1, 0.15) is 34.3 Å². The highest BCUT2D eigenvalue weighted by atomic mass is 32.1. The van der Waals surface area contributed by atoms with E-state index in [0.717, 1.165) is 10.4 Å². The fourth-order valence-electron chi connectivity index (χ4n) is 2.09. The number of rotatable bonds is 5. The van der Waals surface area contributed by atoms with Crippen molar-refractivity contribution in [1.82, 2.24) is 10.1 Å². The van der Waals surface area contributed by atoms with Gasteiger partial charge in [-0.15, -0.1) is 11.3 Å². The summed E-state index contributed by atoms with van der Waals surface area (Å²) in [6.45, 7) is 0. The van der Waals surface area contributed by atoms with Gasteiger partial charge < -0.3 is 15.0 Å². The molecule has 21 heavy (non-hydrogen) atoms. The first-order chi connectivity index (χ1) is 10.3. The van der Waals surface area contributed by atoms with Gasteiger partial charge in [0.15, 0.2) is 0 Å².